The Morgan fingerprint density at radius 2 is 2.22 bits per heavy atom. The number of anilines is 1. The molecular weight excluding hydrogens is 270 g/mol. The van der Waals surface area contributed by atoms with Crippen LogP contribution in [0, 0.1) is 6.92 Å². The quantitative estimate of drug-likeness (QED) is 0.902. The van der Waals surface area contributed by atoms with E-state index in [9.17, 15) is 4.79 Å². The van der Waals surface area contributed by atoms with Crippen molar-refractivity contribution in [3.8, 4) is 0 Å². The molecule has 18 heavy (non-hydrogen) atoms. The Labute approximate surface area is 113 Å². The fraction of sp³-hybridized carbons (Fsp3) is 0.364. The van der Waals surface area contributed by atoms with Crippen molar-refractivity contribution in [3.05, 3.63) is 27.2 Å². The van der Waals surface area contributed by atoms with E-state index >= 15 is 0 Å². The summed E-state index contributed by atoms with van der Waals surface area (Å²) in [4.78, 5) is 19.7. The van der Waals surface area contributed by atoms with Gasteiger partial charge in [0.1, 0.15) is 9.88 Å². The molecule has 5 nitrogen and oxygen atoms in total. The highest BCUT2D eigenvalue weighted by Gasteiger charge is 2.25. The molecule has 0 aliphatic heterocycles. The number of carboxylic acid groups (broad SMARTS) is 1. The lowest BCUT2D eigenvalue weighted by Gasteiger charge is -2.23. The third kappa shape index (κ3) is 2.51. The molecule has 0 saturated carbocycles. The van der Waals surface area contributed by atoms with Gasteiger partial charge in [-0.25, -0.2) is 14.8 Å². The van der Waals surface area contributed by atoms with Gasteiger partial charge in [-0.05, 0) is 20.8 Å². The number of carbonyl (C=O) groups is 1. The standard InChI is InChI=1S/C11H13N3O2S2/c1-6-7(8(15)16)18-10(13-6)14-11(2,3)9-12-4-5-17-9/h4-5H,1-3H3,(H,13,14)(H,15,16). The molecule has 0 spiro atoms. The Balaban J connectivity index is 2.24. The molecule has 2 aromatic heterocycles. The van der Waals surface area contributed by atoms with E-state index in [2.05, 4.69) is 15.3 Å². The van der Waals surface area contributed by atoms with Crippen LogP contribution >= 0.6 is 22.7 Å². The van der Waals surface area contributed by atoms with Crippen molar-refractivity contribution >= 4 is 33.8 Å². The first-order valence-electron chi connectivity index (χ1n) is 5.29. The second-order valence-electron chi connectivity index (χ2n) is 4.33. The van der Waals surface area contributed by atoms with Crippen LogP contribution in [0.2, 0.25) is 0 Å². The molecule has 0 amide bonds. The minimum atomic E-state index is -0.940. The van der Waals surface area contributed by atoms with Gasteiger partial charge in [-0.15, -0.1) is 11.3 Å². The van der Waals surface area contributed by atoms with Gasteiger partial charge in [0.15, 0.2) is 5.13 Å². The maximum atomic E-state index is 11.0. The van der Waals surface area contributed by atoms with Crippen LogP contribution in [-0.4, -0.2) is 21.0 Å². The Hall–Kier alpha value is -1.47. The summed E-state index contributed by atoms with van der Waals surface area (Å²) >= 11 is 2.70. The maximum Gasteiger partial charge on any atom is 0.347 e. The lowest BCUT2D eigenvalue weighted by atomic mass is 10.1. The summed E-state index contributed by atoms with van der Waals surface area (Å²) in [5.41, 5.74) is 0.166. The molecular formula is C11H13N3O2S2. The largest absolute Gasteiger partial charge is 0.477 e. The predicted molar refractivity (Wildman–Crippen MR) is 72.6 cm³/mol. The summed E-state index contributed by atoms with van der Waals surface area (Å²) in [5, 5.41) is 15.7. The summed E-state index contributed by atoms with van der Waals surface area (Å²) in [6.45, 7) is 5.67. The van der Waals surface area contributed by atoms with Gasteiger partial charge in [-0.2, -0.15) is 0 Å². The molecule has 96 valence electrons. The smallest absolute Gasteiger partial charge is 0.347 e. The molecule has 7 heteroatoms. The Kier molecular flexibility index (Phi) is 3.36. The Bertz CT molecular complexity index is 561. The van der Waals surface area contributed by atoms with Crippen LogP contribution in [0.3, 0.4) is 0 Å². The fourth-order valence-electron chi connectivity index (χ4n) is 1.50. The molecule has 0 aliphatic carbocycles. The zero-order chi connectivity index (χ0) is 13.3. The third-order valence-electron chi connectivity index (χ3n) is 2.38. The number of hydrogen-bond acceptors (Lipinski definition) is 6. The van der Waals surface area contributed by atoms with Crippen LogP contribution in [0.25, 0.3) is 0 Å². The number of aromatic carboxylic acids is 1. The van der Waals surface area contributed by atoms with Crippen molar-refractivity contribution in [2.75, 3.05) is 5.32 Å². The number of carboxylic acids is 1. The molecule has 2 N–H and O–H groups in total. The van der Waals surface area contributed by atoms with E-state index in [1.807, 2.05) is 19.2 Å². The normalized spacial score (nSPS) is 11.5. The van der Waals surface area contributed by atoms with E-state index in [1.54, 1.807) is 24.5 Å². The fourth-order valence-corrected chi connectivity index (χ4v) is 3.18. The molecule has 0 saturated heterocycles. The minimum absolute atomic E-state index is 0.271. The minimum Gasteiger partial charge on any atom is -0.477 e. The lowest BCUT2D eigenvalue weighted by Crippen LogP contribution is -2.27. The van der Waals surface area contributed by atoms with E-state index in [4.69, 9.17) is 5.11 Å². The predicted octanol–water partition coefficient (Wildman–Crippen LogP) is 2.95. The van der Waals surface area contributed by atoms with Crippen molar-refractivity contribution in [1.82, 2.24) is 9.97 Å². The van der Waals surface area contributed by atoms with Crippen molar-refractivity contribution in [2.45, 2.75) is 26.3 Å². The molecule has 0 aliphatic rings. The van der Waals surface area contributed by atoms with Gasteiger partial charge in [0, 0.05) is 11.6 Å². The second-order valence-corrected chi connectivity index (χ2v) is 6.22. The van der Waals surface area contributed by atoms with E-state index in [1.165, 1.54) is 0 Å². The van der Waals surface area contributed by atoms with Crippen LogP contribution in [0.5, 0.6) is 0 Å². The highest BCUT2D eigenvalue weighted by molar-refractivity contribution is 7.17. The van der Waals surface area contributed by atoms with Crippen LogP contribution in [0.1, 0.15) is 34.2 Å². The zero-order valence-electron chi connectivity index (χ0n) is 10.2. The molecule has 0 fully saturated rings. The maximum absolute atomic E-state index is 11.0. The van der Waals surface area contributed by atoms with E-state index in [0.717, 1.165) is 16.3 Å². The monoisotopic (exact) mass is 283 g/mol. The molecule has 0 atom stereocenters. The molecule has 0 unspecified atom stereocenters. The summed E-state index contributed by atoms with van der Waals surface area (Å²) in [6.07, 6.45) is 1.75. The number of aromatic nitrogens is 2. The van der Waals surface area contributed by atoms with Gasteiger partial charge < -0.3 is 10.4 Å². The van der Waals surface area contributed by atoms with Crippen molar-refractivity contribution in [3.63, 3.8) is 0 Å². The number of hydrogen-bond donors (Lipinski definition) is 2. The summed E-state index contributed by atoms with van der Waals surface area (Å²) in [7, 11) is 0. The number of rotatable bonds is 4. The van der Waals surface area contributed by atoms with E-state index < -0.39 is 5.97 Å². The lowest BCUT2D eigenvalue weighted by molar-refractivity contribution is 0.0701. The van der Waals surface area contributed by atoms with Crippen LogP contribution < -0.4 is 5.32 Å². The second kappa shape index (κ2) is 4.66. The Morgan fingerprint density at radius 1 is 1.50 bits per heavy atom. The molecule has 0 aromatic carbocycles. The average molecular weight is 283 g/mol. The number of nitrogens with one attached hydrogen (secondary N) is 1. The van der Waals surface area contributed by atoms with Gasteiger partial charge >= 0.3 is 5.97 Å². The van der Waals surface area contributed by atoms with Gasteiger partial charge in [0.25, 0.3) is 0 Å². The highest BCUT2D eigenvalue weighted by Crippen LogP contribution is 2.30. The molecule has 0 radical (unpaired) electrons. The number of nitrogens with zero attached hydrogens (tertiary/aromatic N) is 2. The first-order valence-corrected chi connectivity index (χ1v) is 6.98. The summed E-state index contributed by atoms with van der Waals surface area (Å²) in [6, 6.07) is 0. The molecule has 2 rings (SSSR count). The summed E-state index contributed by atoms with van der Waals surface area (Å²) in [5.74, 6) is -0.940. The van der Waals surface area contributed by atoms with Crippen molar-refractivity contribution in [1.29, 1.82) is 0 Å². The highest BCUT2D eigenvalue weighted by atomic mass is 32.1. The van der Waals surface area contributed by atoms with Crippen molar-refractivity contribution in [2.24, 2.45) is 0 Å². The van der Waals surface area contributed by atoms with Crippen LogP contribution in [-0.2, 0) is 5.54 Å². The van der Waals surface area contributed by atoms with E-state index in [-0.39, 0.29) is 10.4 Å². The van der Waals surface area contributed by atoms with E-state index in [0.29, 0.717) is 10.8 Å². The first kappa shape index (κ1) is 13.0. The number of thiazole rings is 2. The zero-order valence-corrected chi connectivity index (χ0v) is 11.9. The van der Waals surface area contributed by atoms with Gasteiger partial charge in [0.2, 0.25) is 0 Å². The third-order valence-corrected chi connectivity index (χ3v) is 4.53. The summed E-state index contributed by atoms with van der Waals surface area (Å²) < 4.78 is 0. The number of aryl methyl sites for hydroxylation is 1. The first-order chi connectivity index (χ1) is 8.40. The SMILES string of the molecule is Cc1nc(NC(C)(C)c2nccs2)sc1C(=O)O. The van der Waals surface area contributed by atoms with Crippen LogP contribution in [0.4, 0.5) is 5.13 Å². The molecule has 2 aromatic rings. The van der Waals surface area contributed by atoms with Gasteiger partial charge in [-0.3, -0.25) is 0 Å². The van der Waals surface area contributed by atoms with Gasteiger partial charge in [0.05, 0.1) is 11.2 Å². The van der Waals surface area contributed by atoms with Crippen LogP contribution in [0.15, 0.2) is 11.6 Å². The topological polar surface area (TPSA) is 75.1 Å². The van der Waals surface area contributed by atoms with Crippen molar-refractivity contribution < 1.29 is 9.90 Å². The Morgan fingerprint density at radius 3 is 2.72 bits per heavy atom. The van der Waals surface area contributed by atoms with Gasteiger partial charge in [-0.1, -0.05) is 11.3 Å². The molecule has 0 bridgehead atoms. The molecule has 2 heterocycles. The average Bonchev–Trinajstić information content (AvgIpc) is 2.86.